The van der Waals surface area contributed by atoms with Gasteiger partial charge in [0, 0.05) is 50.6 Å². The van der Waals surface area contributed by atoms with E-state index in [9.17, 15) is 8.42 Å². The fourth-order valence-electron chi connectivity index (χ4n) is 3.11. The molecule has 0 N–H and O–H groups in total. The molecular formula is C18H22ClN3O3S. The molecule has 8 heteroatoms. The van der Waals surface area contributed by atoms with Crippen LogP contribution in [0.15, 0.2) is 47.9 Å². The van der Waals surface area contributed by atoms with Crippen molar-refractivity contribution in [2.24, 2.45) is 5.92 Å². The molecule has 1 saturated heterocycles. The Bertz CT molecular complexity index is 827. The summed E-state index contributed by atoms with van der Waals surface area (Å²) in [5.41, 5.74) is 0.845. The third-order valence-electron chi connectivity index (χ3n) is 4.66. The van der Waals surface area contributed by atoms with Gasteiger partial charge in [0.15, 0.2) is 0 Å². The zero-order valence-electron chi connectivity index (χ0n) is 14.6. The number of hydrogen-bond donors (Lipinski definition) is 0. The van der Waals surface area contributed by atoms with Crippen molar-refractivity contribution in [3.05, 3.63) is 53.6 Å². The molecule has 0 aliphatic carbocycles. The Morgan fingerprint density at radius 1 is 1.27 bits per heavy atom. The summed E-state index contributed by atoms with van der Waals surface area (Å²) in [6, 6.07) is 4.79. The molecular weight excluding hydrogens is 374 g/mol. The van der Waals surface area contributed by atoms with Crippen molar-refractivity contribution in [3.63, 3.8) is 0 Å². The second-order valence-corrected chi connectivity index (χ2v) is 8.76. The molecule has 0 saturated carbocycles. The van der Waals surface area contributed by atoms with E-state index in [-0.39, 0.29) is 16.9 Å². The van der Waals surface area contributed by atoms with Crippen LogP contribution in [0, 0.1) is 5.92 Å². The molecule has 0 radical (unpaired) electrons. The average molecular weight is 396 g/mol. The lowest BCUT2D eigenvalue weighted by Crippen LogP contribution is -2.39. The van der Waals surface area contributed by atoms with Gasteiger partial charge in [0.05, 0.1) is 5.02 Å². The van der Waals surface area contributed by atoms with Crippen molar-refractivity contribution in [2.45, 2.75) is 30.7 Å². The largest absolute Gasteiger partial charge is 0.381 e. The van der Waals surface area contributed by atoms with Gasteiger partial charge in [-0.25, -0.2) is 8.42 Å². The third kappa shape index (κ3) is 4.40. The summed E-state index contributed by atoms with van der Waals surface area (Å²) < 4.78 is 33.6. The van der Waals surface area contributed by atoms with E-state index in [4.69, 9.17) is 16.3 Å². The Morgan fingerprint density at radius 3 is 2.69 bits per heavy atom. The number of pyridine rings is 2. The first kappa shape index (κ1) is 19.2. The molecule has 0 bridgehead atoms. The Balaban J connectivity index is 1.96. The molecule has 1 aliphatic heterocycles. The van der Waals surface area contributed by atoms with E-state index in [2.05, 4.69) is 9.97 Å². The second-order valence-electron chi connectivity index (χ2n) is 6.43. The standard InChI is InChI=1S/C18H22ClN3O3S/c1-14(16-3-2-6-20-10-16)22(13-15-4-7-25-8-5-15)26(23,24)18-9-17(19)11-21-12-18/h2-3,6,9-12,14-15H,4-5,7-8,13H2,1H3. The van der Waals surface area contributed by atoms with Crippen molar-refractivity contribution in [1.29, 1.82) is 0 Å². The molecule has 1 atom stereocenters. The first-order chi connectivity index (χ1) is 12.5. The van der Waals surface area contributed by atoms with Gasteiger partial charge < -0.3 is 4.74 Å². The topological polar surface area (TPSA) is 72.4 Å². The van der Waals surface area contributed by atoms with Crippen LogP contribution in [-0.4, -0.2) is 42.4 Å². The molecule has 2 aromatic rings. The van der Waals surface area contributed by atoms with Gasteiger partial charge in [0.25, 0.3) is 0 Å². The van der Waals surface area contributed by atoms with E-state index in [0.29, 0.717) is 24.8 Å². The van der Waals surface area contributed by atoms with Crippen LogP contribution in [0.2, 0.25) is 5.02 Å². The maximum atomic E-state index is 13.3. The van der Waals surface area contributed by atoms with Gasteiger partial charge in [-0.15, -0.1) is 0 Å². The first-order valence-corrected chi connectivity index (χ1v) is 10.4. The summed E-state index contributed by atoms with van der Waals surface area (Å²) in [6.45, 7) is 3.64. The number of hydrogen-bond acceptors (Lipinski definition) is 5. The van der Waals surface area contributed by atoms with Crippen molar-refractivity contribution < 1.29 is 13.2 Å². The van der Waals surface area contributed by atoms with Gasteiger partial charge in [-0.1, -0.05) is 17.7 Å². The van der Waals surface area contributed by atoms with Gasteiger partial charge in [-0.3, -0.25) is 9.97 Å². The van der Waals surface area contributed by atoms with Crippen LogP contribution >= 0.6 is 11.6 Å². The Morgan fingerprint density at radius 2 is 2.04 bits per heavy atom. The normalized spacial score (nSPS) is 17.3. The highest BCUT2D eigenvalue weighted by atomic mass is 35.5. The van der Waals surface area contributed by atoms with Crippen LogP contribution in [0.3, 0.4) is 0 Å². The van der Waals surface area contributed by atoms with Crippen LogP contribution in [0.5, 0.6) is 0 Å². The molecule has 1 unspecified atom stereocenters. The zero-order valence-corrected chi connectivity index (χ0v) is 16.2. The molecule has 3 heterocycles. The Kier molecular flexibility index (Phi) is 6.24. The van der Waals surface area contributed by atoms with E-state index in [1.165, 1.54) is 22.8 Å². The lowest BCUT2D eigenvalue weighted by molar-refractivity contribution is 0.0581. The molecule has 1 aliphatic rings. The minimum absolute atomic E-state index is 0.104. The van der Waals surface area contributed by atoms with Gasteiger partial charge in [-0.05, 0) is 43.4 Å². The summed E-state index contributed by atoms with van der Waals surface area (Å²) in [5.74, 6) is 0.254. The smallest absolute Gasteiger partial charge is 0.245 e. The van der Waals surface area contributed by atoms with Gasteiger partial charge in [0.2, 0.25) is 10.0 Å². The van der Waals surface area contributed by atoms with Crippen LogP contribution in [0.25, 0.3) is 0 Å². The van der Waals surface area contributed by atoms with Crippen LogP contribution in [0.1, 0.15) is 31.4 Å². The highest BCUT2D eigenvalue weighted by molar-refractivity contribution is 7.89. The summed E-state index contributed by atoms with van der Waals surface area (Å²) in [4.78, 5) is 8.18. The van der Waals surface area contributed by atoms with Crippen LogP contribution in [-0.2, 0) is 14.8 Å². The predicted molar refractivity (Wildman–Crippen MR) is 99.3 cm³/mol. The Labute approximate surface area is 159 Å². The maximum absolute atomic E-state index is 13.3. The number of halogens is 1. The van der Waals surface area contributed by atoms with Gasteiger partial charge in [-0.2, -0.15) is 4.31 Å². The minimum atomic E-state index is -3.75. The molecule has 6 nitrogen and oxygen atoms in total. The third-order valence-corrected chi connectivity index (χ3v) is 6.77. The van der Waals surface area contributed by atoms with Crippen molar-refractivity contribution in [2.75, 3.05) is 19.8 Å². The van der Waals surface area contributed by atoms with E-state index < -0.39 is 10.0 Å². The minimum Gasteiger partial charge on any atom is -0.381 e. The summed E-state index contributed by atoms with van der Waals surface area (Å²) in [6.07, 6.45) is 7.84. The van der Waals surface area contributed by atoms with Crippen LogP contribution < -0.4 is 0 Å². The van der Waals surface area contributed by atoms with E-state index in [1.807, 2.05) is 19.1 Å². The number of rotatable bonds is 6. The van der Waals surface area contributed by atoms with Crippen molar-refractivity contribution in [1.82, 2.24) is 14.3 Å². The summed E-state index contributed by atoms with van der Waals surface area (Å²) in [7, 11) is -3.75. The first-order valence-electron chi connectivity index (χ1n) is 8.58. The molecule has 140 valence electrons. The molecule has 26 heavy (non-hydrogen) atoms. The number of ether oxygens (including phenoxy) is 1. The number of sulfonamides is 1. The monoisotopic (exact) mass is 395 g/mol. The van der Waals surface area contributed by atoms with Gasteiger partial charge >= 0.3 is 0 Å². The van der Waals surface area contributed by atoms with E-state index in [1.54, 1.807) is 12.4 Å². The quantitative estimate of drug-likeness (QED) is 0.750. The molecule has 3 rings (SSSR count). The zero-order chi connectivity index (χ0) is 18.6. The SMILES string of the molecule is CC(c1cccnc1)N(CC1CCOCC1)S(=O)(=O)c1cncc(Cl)c1. The van der Waals surface area contributed by atoms with E-state index in [0.717, 1.165) is 18.4 Å². The highest BCUT2D eigenvalue weighted by Crippen LogP contribution is 2.30. The molecule has 1 fully saturated rings. The average Bonchev–Trinajstić information content (AvgIpc) is 2.67. The van der Waals surface area contributed by atoms with Crippen molar-refractivity contribution >= 4 is 21.6 Å². The lowest BCUT2D eigenvalue weighted by Gasteiger charge is -2.33. The second kappa shape index (κ2) is 8.43. The molecule has 0 amide bonds. The summed E-state index contributed by atoms with van der Waals surface area (Å²) in [5, 5.41) is 0.297. The Hall–Kier alpha value is -1.54. The molecule has 2 aromatic heterocycles. The van der Waals surface area contributed by atoms with Crippen molar-refractivity contribution in [3.8, 4) is 0 Å². The van der Waals surface area contributed by atoms with Crippen LogP contribution in [0.4, 0.5) is 0 Å². The summed E-state index contributed by atoms with van der Waals surface area (Å²) >= 11 is 5.97. The predicted octanol–water partition coefficient (Wildman–Crippen LogP) is 3.31. The lowest BCUT2D eigenvalue weighted by atomic mass is 9.99. The molecule has 0 aromatic carbocycles. The molecule has 0 spiro atoms. The number of nitrogens with zero attached hydrogens (tertiary/aromatic N) is 3. The van der Waals surface area contributed by atoms with Gasteiger partial charge in [0.1, 0.15) is 4.90 Å². The fraction of sp³-hybridized carbons (Fsp3) is 0.444. The highest BCUT2D eigenvalue weighted by Gasteiger charge is 2.33. The maximum Gasteiger partial charge on any atom is 0.245 e. The van der Waals surface area contributed by atoms with E-state index >= 15 is 0 Å². The fourth-order valence-corrected chi connectivity index (χ4v) is 5.03. The number of aromatic nitrogens is 2.